The van der Waals surface area contributed by atoms with Crippen molar-refractivity contribution in [3.05, 3.63) is 33.4 Å². The van der Waals surface area contributed by atoms with Crippen LogP contribution in [0.15, 0.2) is 16.6 Å². The van der Waals surface area contributed by atoms with Gasteiger partial charge in [-0.15, -0.1) is 0 Å². The number of rotatable bonds is 2. The van der Waals surface area contributed by atoms with Crippen molar-refractivity contribution in [3.8, 4) is 0 Å². The van der Waals surface area contributed by atoms with E-state index in [9.17, 15) is 0 Å². The maximum Gasteiger partial charge on any atom is 0.0489 e. The van der Waals surface area contributed by atoms with Crippen molar-refractivity contribution in [1.82, 2.24) is 4.98 Å². The highest BCUT2D eigenvalue weighted by atomic mass is 79.9. The fraction of sp³-hybridized carbons (Fsp3) is 0.556. The predicted molar refractivity (Wildman–Crippen MR) is 90.3 cm³/mol. The monoisotopic (exact) mass is 333 g/mol. The summed E-state index contributed by atoms with van der Waals surface area (Å²) in [4.78, 5) is 3.68. The molecular weight excluding hydrogens is 310 g/mol. The number of halogens is 1. The molecule has 1 aliphatic rings. The first kappa shape index (κ1) is 14.2. The lowest BCUT2D eigenvalue weighted by molar-refractivity contribution is 0.183. The van der Waals surface area contributed by atoms with E-state index in [-0.39, 0.29) is 0 Å². The van der Waals surface area contributed by atoms with Crippen LogP contribution in [0.5, 0.6) is 0 Å². The summed E-state index contributed by atoms with van der Waals surface area (Å²) in [5.74, 6) is 0.804. The summed E-state index contributed by atoms with van der Waals surface area (Å²) < 4.78 is 1.20. The van der Waals surface area contributed by atoms with Crippen molar-refractivity contribution in [3.63, 3.8) is 0 Å². The van der Waals surface area contributed by atoms with Gasteiger partial charge in [-0.3, -0.25) is 0 Å². The predicted octanol–water partition coefficient (Wildman–Crippen LogP) is 5.78. The van der Waals surface area contributed by atoms with Crippen LogP contribution in [0, 0.1) is 18.3 Å². The smallest absolute Gasteiger partial charge is 0.0489 e. The summed E-state index contributed by atoms with van der Waals surface area (Å²) >= 11 is 3.65. The van der Waals surface area contributed by atoms with Crippen LogP contribution in [-0.4, -0.2) is 4.98 Å². The summed E-state index contributed by atoms with van der Waals surface area (Å²) in [5.41, 5.74) is 6.18. The van der Waals surface area contributed by atoms with Crippen LogP contribution in [0.3, 0.4) is 0 Å². The molecule has 1 atom stereocenters. The molecule has 1 nitrogen and oxygen atoms in total. The van der Waals surface area contributed by atoms with E-state index in [1.807, 2.05) is 0 Å². The van der Waals surface area contributed by atoms with Crippen LogP contribution in [-0.2, 0) is 12.8 Å². The quantitative estimate of drug-likeness (QED) is 0.716. The van der Waals surface area contributed by atoms with Crippen molar-refractivity contribution in [1.29, 1.82) is 0 Å². The van der Waals surface area contributed by atoms with Gasteiger partial charge in [0.1, 0.15) is 0 Å². The van der Waals surface area contributed by atoms with E-state index in [2.05, 4.69) is 60.7 Å². The molecule has 0 aliphatic heterocycles. The summed E-state index contributed by atoms with van der Waals surface area (Å²) in [6.07, 6.45) is 5.01. The van der Waals surface area contributed by atoms with E-state index < -0.39 is 0 Å². The molecule has 0 saturated heterocycles. The van der Waals surface area contributed by atoms with Gasteiger partial charge in [-0.2, -0.15) is 0 Å². The molecule has 0 bridgehead atoms. The number of aryl methyl sites for hydroxylation is 2. The Morgan fingerprint density at radius 2 is 2.10 bits per heavy atom. The first-order chi connectivity index (χ1) is 9.42. The third kappa shape index (κ3) is 2.22. The van der Waals surface area contributed by atoms with Crippen molar-refractivity contribution < 1.29 is 0 Å². The molecule has 108 valence electrons. The lowest BCUT2D eigenvalue weighted by atomic mass is 9.69. The van der Waals surface area contributed by atoms with E-state index in [0.29, 0.717) is 5.41 Å². The molecule has 1 aliphatic carbocycles. The van der Waals surface area contributed by atoms with Gasteiger partial charge in [0.15, 0.2) is 0 Å². The summed E-state index contributed by atoms with van der Waals surface area (Å²) in [6.45, 7) is 9.38. The average Bonchev–Trinajstić information content (AvgIpc) is 2.77. The molecule has 2 aromatic rings. The number of hydrogen-bond donors (Lipinski definition) is 1. The zero-order chi connectivity index (χ0) is 14.5. The maximum atomic E-state index is 3.68. The normalized spacial score (nSPS) is 19.4. The molecule has 0 radical (unpaired) electrons. The molecule has 0 saturated carbocycles. The Labute approximate surface area is 130 Å². The standard InChI is InChI=1S/C18H24BrN/c1-5-18(3,4)12-6-7-16-14(9-12)15-10-13(19)8-11(2)17(15)20-16/h8,10,12,20H,5-7,9H2,1-4H3. The number of aromatic amines is 1. The van der Waals surface area contributed by atoms with Crippen LogP contribution in [0.25, 0.3) is 10.9 Å². The molecule has 1 unspecified atom stereocenters. The molecule has 0 fully saturated rings. The molecule has 1 N–H and O–H groups in total. The van der Waals surface area contributed by atoms with Gasteiger partial charge in [0.25, 0.3) is 0 Å². The van der Waals surface area contributed by atoms with Crippen LogP contribution in [0.4, 0.5) is 0 Å². The Morgan fingerprint density at radius 1 is 1.35 bits per heavy atom. The zero-order valence-corrected chi connectivity index (χ0v) is 14.5. The van der Waals surface area contributed by atoms with Crippen LogP contribution < -0.4 is 0 Å². The fourth-order valence-corrected chi connectivity index (χ4v) is 4.18. The Balaban J connectivity index is 2.09. The molecular formula is C18H24BrN. The molecule has 3 rings (SSSR count). The topological polar surface area (TPSA) is 15.8 Å². The van der Waals surface area contributed by atoms with Crippen molar-refractivity contribution >= 4 is 26.8 Å². The van der Waals surface area contributed by atoms with Crippen molar-refractivity contribution in [2.75, 3.05) is 0 Å². The van der Waals surface area contributed by atoms with Crippen LogP contribution in [0.1, 0.15) is 50.4 Å². The second-order valence-corrected chi connectivity index (χ2v) is 7.92. The summed E-state index contributed by atoms with van der Waals surface area (Å²) in [5, 5.41) is 1.43. The highest BCUT2D eigenvalue weighted by Gasteiger charge is 2.32. The van der Waals surface area contributed by atoms with Crippen LogP contribution >= 0.6 is 15.9 Å². The number of hydrogen-bond acceptors (Lipinski definition) is 0. The van der Waals surface area contributed by atoms with Crippen molar-refractivity contribution in [2.45, 2.75) is 53.4 Å². The summed E-state index contributed by atoms with van der Waals surface area (Å²) in [6, 6.07) is 4.50. The second-order valence-electron chi connectivity index (χ2n) is 7.01. The van der Waals surface area contributed by atoms with E-state index in [1.165, 1.54) is 52.3 Å². The van der Waals surface area contributed by atoms with E-state index >= 15 is 0 Å². The van der Waals surface area contributed by atoms with Gasteiger partial charge in [-0.1, -0.05) is 43.1 Å². The number of nitrogens with one attached hydrogen (secondary N) is 1. The molecule has 2 heteroatoms. The van der Waals surface area contributed by atoms with Gasteiger partial charge in [0, 0.05) is 21.1 Å². The Morgan fingerprint density at radius 3 is 2.80 bits per heavy atom. The van der Waals surface area contributed by atoms with E-state index in [1.54, 1.807) is 5.56 Å². The average molecular weight is 334 g/mol. The minimum absolute atomic E-state index is 0.447. The molecule has 0 amide bonds. The second kappa shape index (κ2) is 4.91. The minimum Gasteiger partial charge on any atom is -0.358 e. The lowest BCUT2D eigenvalue weighted by Crippen LogP contribution is -2.28. The van der Waals surface area contributed by atoms with Crippen molar-refractivity contribution in [2.24, 2.45) is 11.3 Å². The Kier molecular flexibility index (Phi) is 3.48. The van der Waals surface area contributed by atoms with E-state index in [0.717, 1.165) is 5.92 Å². The molecule has 0 spiro atoms. The molecule has 1 aromatic heterocycles. The number of fused-ring (bicyclic) bond motifs is 3. The van der Waals surface area contributed by atoms with Gasteiger partial charge in [-0.05, 0) is 60.8 Å². The number of aromatic nitrogens is 1. The third-order valence-corrected chi connectivity index (χ3v) is 5.93. The Bertz CT molecular complexity index is 651. The highest BCUT2D eigenvalue weighted by molar-refractivity contribution is 9.10. The SMILES string of the molecule is CCC(C)(C)C1CCc2[nH]c3c(C)cc(Br)cc3c2C1. The highest BCUT2D eigenvalue weighted by Crippen LogP contribution is 2.42. The molecule has 1 heterocycles. The van der Waals surface area contributed by atoms with Gasteiger partial charge in [0.2, 0.25) is 0 Å². The van der Waals surface area contributed by atoms with Crippen LogP contribution in [0.2, 0.25) is 0 Å². The molecule has 1 aromatic carbocycles. The first-order valence-corrected chi connectivity index (χ1v) is 8.51. The summed E-state index contributed by atoms with van der Waals surface area (Å²) in [7, 11) is 0. The first-order valence-electron chi connectivity index (χ1n) is 7.72. The molecule has 20 heavy (non-hydrogen) atoms. The third-order valence-electron chi connectivity index (χ3n) is 5.48. The number of benzene rings is 1. The minimum atomic E-state index is 0.447. The zero-order valence-electron chi connectivity index (χ0n) is 12.9. The van der Waals surface area contributed by atoms with Gasteiger partial charge < -0.3 is 4.98 Å². The Hall–Kier alpha value is -0.760. The fourth-order valence-electron chi connectivity index (χ4n) is 3.61. The van der Waals surface area contributed by atoms with Gasteiger partial charge in [-0.25, -0.2) is 0 Å². The van der Waals surface area contributed by atoms with Gasteiger partial charge >= 0.3 is 0 Å². The lowest BCUT2D eigenvalue weighted by Gasteiger charge is -2.36. The maximum absolute atomic E-state index is 3.68. The number of H-pyrrole nitrogens is 1. The largest absolute Gasteiger partial charge is 0.358 e. The van der Waals surface area contributed by atoms with Gasteiger partial charge in [0.05, 0.1) is 0 Å². The van der Waals surface area contributed by atoms with E-state index in [4.69, 9.17) is 0 Å².